The van der Waals surface area contributed by atoms with E-state index in [0.29, 0.717) is 10.6 Å². The third kappa shape index (κ3) is 1.88. The standard InChI is InChI=1S/C9H11N3OS2/c1-6(7-3-2-4-15-7)12-8(5-13)10-11-9(12)14/h2-4,6,13H,5H2,1H3,(H,11,14). The van der Waals surface area contributed by atoms with Crippen LogP contribution in [-0.2, 0) is 6.61 Å². The van der Waals surface area contributed by atoms with Gasteiger partial charge in [0.15, 0.2) is 10.6 Å². The van der Waals surface area contributed by atoms with Crippen molar-refractivity contribution in [2.75, 3.05) is 0 Å². The molecular formula is C9H11N3OS2. The number of aliphatic hydroxyl groups is 1. The van der Waals surface area contributed by atoms with Crippen LogP contribution in [0, 0.1) is 4.77 Å². The second kappa shape index (κ2) is 4.26. The lowest BCUT2D eigenvalue weighted by atomic mass is 10.2. The van der Waals surface area contributed by atoms with E-state index >= 15 is 0 Å². The van der Waals surface area contributed by atoms with Crippen molar-refractivity contribution in [1.29, 1.82) is 0 Å². The molecule has 0 aromatic carbocycles. The smallest absolute Gasteiger partial charge is 0.195 e. The van der Waals surface area contributed by atoms with Crippen LogP contribution in [0.4, 0.5) is 0 Å². The first kappa shape index (κ1) is 10.5. The Hall–Kier alpha value is -0.980. The van der Waals surface area contributed by atoms with E-state index in [9.17, 15) is 0 Å². The number of H-pyrrole nitrogens is 1. The average Bonchev–Trinajstić information content (AvgIpc) is 2.85. The summed E-state index contributed by atoms with van der Waals surface area (Å²) in [6, 6.07) is 4.16. The molecule has 0 bridgehead atoms. The first-order chi connectivity index (χ1) is 7.24. The summed E-state index contributed by atoms with van der Waals surface area (Å²) in [5.41, 5.74) is 0. The Labute approximate surface area is 96.2 Å². The van der Waals surface area contributed by atoms with Gasteiger partial charge < -0.3 is 5.11 Å². The van der Waals surface area contributed by atoms with Crippen molar-refractivity contribution in [1.82, 2.24) is 14.8 Å². The summed E-state index contributed by atoms with van der Waals surface area (Å²) in [6.07, 6.45) is 0. The predicted octanol–water partition coefficient (Wildman–Crippen LogP) is 2.10. The Morgan fingerprint density at radius 1 is 1.73 bits per heavy atom. The zero-order valence-electron chi connectivity index (χ0n) is 8.17. The predicted molar refractivity (Wildman–Crippen MR) is 61.5 cm³/mol. The number of rotatable bonds is 3. The molecule has 0 amide bonds. The molecule has 80 valence electrons. The van der Waals surface area contributed by atoms with Crippen LogP contribution in [0.3, 0.4) is 0 Å². The molecule has 2 aromatic rings. The van der Waals surface area contributed by atoms with E-state index in [1.165, 1.54) is 4.88 Å². The van der Waals surface area contributed by atoms with Gasteiger partial charge in [-0.1, -0.05) is 6.07 Å². The van der Waals surface area contributed by atoms with Gasteiger partial charge in [-0.25, -0.2) is 0 Å². The van der Waals surface area contributed by atoms with E-state index in [1.807, 2.05) is 29.0 Å². The molecule has 0 saturated carbocycles. The van der Waals surface area contributed by atoms with Gasteiger partial charge in [-0.15, -0.1) is 11.3 Å². The van der Waals surface area contributed by atoms with Crippen LogP contribution in [0.2, 0.25) is 0 Å². The molecule has 2 N–H and O–H groups in total. The van der Waals surface area contributed by atoms with Crippen LogP contribution in [0.1, 0.15) is 23.7 Å². The molecule has 0 aliphatic carbocycles. The Morgan fingerprint density at radius 3 is 3.13 bits per heavy atom. The number of nitrogens with one attached hydrogen (secondary N) is 1. The van der Waals surface area contributed by atoms with Crippen molar-refractivity contribution in [3.05, 3.63) is 33.0 Å². The van der Waals surface area contributed by atoms with Gasteiger partial charge in [-0.3, -0.25) is 9.67 Å². The molecule has 2 rings (SSSR count). The number of aliphatic hydroxyl groups excluding tert-OH is 1. The zero-order valence-corrected chi connectivity index (χ0v) is 9.81. The van der Waals surface area contributed by atoms with Gasteiger partial charge in [-0.05, 0) is 30.6 Å². The molecule has 0 radical (unpaired) electrons. The first-order valence-corrected chi connectivity index (χ1v) is 5.83. The first-order valence-electron chi connectivity index (χ1n) is 4.54. The Kier molecular flexibility index (Phi) is 2.99. The number of hydrogen-bond acceptors (Lipinski definition) is 4. The van der Waals surface area contributed by atoms with E-state index in [1.54, 1.807) is 11.3 Å². The van der Waals surface area contributed by atoms with Gasteiger partial charge in [-0.2, -0.15) is 5.10 Å². The lowest BCUT2D eigenvalue weighted by molar-refractivity contribution is 0.263. The van der Waals surface area contributed by atoms with Gasteiger partial charge >= 0.3 is 0 Å². The van der Waals surface area contributed by atoms with Crippen molar-refractivity contribution in [2.45, 2.75) is 19.6 Å². The van der Waals surface area contributed by atoms with Crippen molar-refractivity contribution >= 4 is 23.6 Å². The molecular weight excluding hydrogens is 230 g/mol. The summed E-state index contributed by atoms with van der Waals surface area (Å²) in [5, 5.41) is 17.8. The number of aromatic nitrogens is 3. The lowest BCUT2D eigenvalue weighted by Crippen LogP contribution is -2.09. The molecule has 0 aliphatic rings. The molecule has 0 aliphatic heterocycles. The lowest BCUT2D eigenvalue weighted by Gasteiger charge is -2.12. The molecule has 6 heteroatoms. The van der Waals surface area contributed by atoms with Crippen LogP contribution >= 0.6 is 23.6 Å². The van der Waals surface area contributed by atoms with E-state index in [-0.39, 0.29) is 12.6 Å². The van der Waals surface area contributed by atoms with Crippen LogP contribution in [0.5, 0.6) is 0 Å². The SMILES string of the molecule is CC(c1cccs1)n1c(CO)n[nH]c1=S. The van der Waals surface area contributed by atoms with Crippen LogP contribution in [0.15, 0.2) is 17.5 Å². The summed E-state index contributed by atoms with van der Waals surface area (Å²) < 4.78 is 2.38. The zero-order chi connectivity index (χ0) is 10.8. The van der Waals surface area contributed by atoms with Gasteiger partial charge in [0, 0.05) is 4.88 Å². The average molecular weight is 241 g/mol. The maximum absolute atomic E-state index is 9.13. The van der Waals surface area contributed by atoms with Crippen molar-refractivity contribution in [3.63, 3.8) is 0 Å². The number of thiophene rings is 1. The van der Waals surface area contributed by atoms with E-state index in [2.05, 4.69) is 10.2 Å². The summed E-state index contributed by atoms with van der Waals surface area (Å²) in [5.74, 6) is 0.570. The number of aromatic amines is 1. The third-order valence-corrected chi connectivity index (χ3v) is 3.59. The van der Waals surface area contributed by atoms with Crippen LogP contribution < -0.4 is 0 Å². The van der Waals surface area contributed by atoms with Crippen molar-refractivity contribution < 1.29 is 5.11 Å². The quantitative estimate of drug-likeness (QED) is 0.809. The largest absolute Gasteiger partial charge is 0.388 e. The monoisotopic (exact) mass is 241 g/mol. The van der Waals surface area contributed by atoms with Gasteiger partial charge in [0.1, 0.15) is 6.61 Å². The highest BCUT2D eigenvalue weighted by molar-refractivity contribution is 7.71. The minimum absolute atomic E-state index is 0.108. The highest BCUT2D eigenvalue weighted by atomic mass is 32.1. The highest BCUT2D eigenvalue weighted by Crippen LogP contribution is 2.23. The molecule has 2 aromatic heterocycles. The third-order valence-electron chi connectivity index (χ3n) is 2.26. The van der Waals surface area contributed by atoms with Crippen molar-refractivity contribution in [3.8, 4) is 0 Å². The fourth-order valence-electron chi connectivity index (χ4n) is 1.50. The van der Waals surface area contributed by atoms with Gasteiger partial charge in [0.2, 0.25) is 0 Å². The van der Waals surface area contributed by atoms with E-state index in [4.69, 9.17) is 17.3 Å². The Balaban J connectivity index is 2.45. The topological polar surface area (TPSA) is 53.8 Å². The molecule has 1 atom stereocenters. The minimum atomic E-state index is -0.108. The molecule has 4 nitrogen and oxygen atoms in total. The number of nitrogens with zero attached hydrogens (tertiary/aromatic N) is 2. The molecule has 2 heterocycles. The highest BCUT2D eigenvalue weighted by Gasteiger charge is 2.14. The second-order valence-electron chi connectivity index (χ2n) is 3.16. The summed E-state index contributed by atoms with van der Waals surface area (Å²) >= 11 is 6.79. The fourth-order valence-corrected chi connectivity index (χ4v) is 2.59. The molecule has 0 fully saturated rings. The summed E-state index contributed by atoms with van der Waals surface area (Å²) in [6.45, 7) is 1.93. The summed E-state index contributed by atoms with van der Waals surface area (Å²) in [4.78, 5) is 1.20. The normalized spacial score (nSPS) is 12.9. The van der Waals surface area contributed by atoms with E-state index < -0.39 is 0 Å². The Bertz CT molecular complexity index is 486. The molecule has 0 saturated heterocycles. The molecule has 1 unspecified atom stereocenters. The van der Waals surface area contributed by atoms with Crippen LogP contribution in [0.25, 0.3) is 0 Å². The molecule has 0 spiro atoms. The van der Waals surface area contributed by atoms with E-state index in [0.717, 1.165) is 0 Å². The number of hydrogen-bond donors (Lipinski definition) is 2. The second-order valence-corrected chi connectivity index (χ2v) is 4.53. The molecule has 15 heavy (non-hydrogen) atoms. The fraction of sp³-hybridized carbons (Fsp3) is 0.333. The summed E-state index contributed by atoms with van der Waals surface area (Å²) in [7, 11) is 0. The Morgan fingerprint density at radius 2 is 2.53 bits per heavy atom. The van der Waals surface area contributed by atoms with Crippen LogP contribution in [-0.4, -0.2) is 19.9 Å². The maximum Gasteiger partial charge on any atom is 0.195 e. The maximum atomic E-state index is 9.13. The van der Waals surface area contributed by atoms with Crippen molar-refractivity contribution in [2.24, 2.45) is 0 Å². The minimum Gasteiger partial charge on any atom is -0.388 e. The van der Waals surface area contributed by atoms with Gasteiger partial charge in [0.25, 0.3) is 0 Å². The van der Waals surface area contributed by atoms with Gasteiger partial charge in [0.05, 0.1) is 6.04 Å².